The highest BCUT2D eigenvalue weighted by Crippen LogP contribution is 2.04. The highest BCUT2D eigenvalue weighted by atomic mass is 15.1. The molecule has 0 heterocycles. The van der Waals surface area contributed by atoms with E-state index < -0.39 is 0 Å². The fourth-order valence-electron chi connectivity index (χ4n) is 1.88. The number of aliphatic imine (C=N–C) groups is 1. The van der Waals surface area contributed by atoms with Gasteiger partial charge in [0.15, 0.2) is 0 Å². The second kappa shape index (κ2) is 8.73. The zero-order chi connectivity index (χ0) is 13.2. The Bertz CT molecular complexity index is 341. The van der Waals surface area contributed by atoms with Crippen molar-refractivity contribution in [3.8, 4) is 0 Å². The Morgan fingerprint density at radius 1 is 1.06 bits per heavy atom. The Balaban J connectivity index is 2.47. The Morgan fingerprint density at radius 3 is 2.39 bits per heavy atom. The highest BCUT2D eigenvalue weighted by Gasteiger charge is 2.03. The summed E-state index contributed by atoms with van der Waals surface area (Å²) in [6.45, 7) is 3.20. The molecule has 1 aromatic carbocycles. The molecule has 0 spiro atoms. The molecule has 0 atom stereocenters. The molecule has 2 heteroatoms. The number of likely N-dealkylation sites (N-methyl/N-ethyl adjacent to an activating group) is 1. The number of benzene rings is 1. The number of hydrogen-bond donors (Lipinski definition) is 0. The zero-order valence-electron chi connectivity index (χ0n) is 12.0. The monoisotopic (exact) mass is 246 g/mol. The number of unbranched alkanes of at least 4 members (excludes halogenated alkanes) is 3. The minimum Gasteiger partial charge on any atom is -0.366 e. The lowest BCUT2D eigenvalue weighted by Crippen LogP contribution is -2.24. The molecule has 0 N–H and O–H groups in total. The fourth-order valence-corrected chi connectivity index (χ4v) is 1.88. The van der Waals surface area contributed by atoms with Crippen molar-refractivity contribution in [1.29, 1.82) is 0 Å². The van der Waals surface area contributed by atoms with Gasteiger partial charge in [-0.15, -0.1) is 0 Å². The van der Waals surface area contributed by atoms with E-state index in [4.69, 9.17) is 4.99 Å². The summed E-state index contributed by atoms with van der Waals surface area (Å²) < 4.78 is 0. The SMILES string of the molecule is CCCCCCN=C(Cc1ccccc1)N(C)C. The molecule has 1 aromatic rings. The molecule has 100 valence electrons. The number of rotatable bonds is 7. The van der Waals surface area contributed by atoms with E-state index in [-0.39, 0.29) is 0 Å². The van der Waals surface area contributed by atoms with Gasteiger partial charge in [-0.1, -0.05) is 56.5 Å². The quantitative estimate of drug-likeness (QED) is 0.406. The van der Waals surface area contributed by atoms with Gasteiger partial charge in [-0.05, 0) is 12.0 Å². The highest BCUT2D eigenvalue weighted by molar-refractivity contribution is 5.84. The molecular formula is C16H26N2. The van der Waals surface area contributed by atoms with Gasteiger partial charge in [0.25, 0.3) is 0 Å². The van der Waals surface area contributed by atoms with Gasteiger partial charge in [0.1, 0.15) is 5.84 Å². The van der Waals surface area contributed by atoms with Gasteiger partial charge in [-0.3, -0.25) is 4.99 Å². The van der Waals surface area contributed by atoms with Crippen LogP contribution in [0.2, 0.25) is 0 Å². The van der Waals surface area contributed by atoms with E-state index in [9.17, 15) is 0 Å². The standard InChI is InChI=1S/C16H26N2/c1-4-5-6-10-13-17-16(18(2)3)14-15-11-8-7-9-12-15/h7-9,11-12H,4-6,10,13-14H2,1-3H3. The largest absolute Gasteiger partial charge is 0.366 e. The van der Waals surface area contributed by atoms with E-state index in [2.05, 4.69) is 56.3 Å². The van der Waals surface area contributed by atoms with Crippen LogP contribution in [0.15, 0.2) is 35.3 Å². The molecule has 0 aliphatic carbocycles. The summed E-state index contributed by atoms with van der Waals surface area (Å²) in [5.74, 6) is 1.18. The minimum absolute atomic E-state index is 0.932. The Morgan fingerprint density at radius 2 is 1.78 bits per heavy atom. The van der Waals surface area contributed by atoms with Crippen LogP contribution in [-0.2, 0) is 6.42 Å². The Hall–Kier alpha value is -1.31. The molecule has 0 fully saturated rings. The van der Waals surface area contributed by atoms with Crippen LogP contribution in [0, 0.1) is 0 Å². The predicted octanol–water partition coefficient (Wildman–Crippen LogP) is 3.77. The van der Waals surface area contributed by atoms with Gasteiger partial charge in [0, 0.05) is 27.1 Å². The van der Waals surface area contributed by atoms with Crippen LogP contribution >= 0.6 is 0 Å². The molecule has 0 aliphatic rings. The van der Waals surface area contributed by atoms with Crippen LogP contribution in [-0.4, -0.2) is 31.4 Å². The minimum atomic E-state index is 0.932. The maximum atomic E-state index is 4.73. The summed E-state index contributed by atoms with van der Waals surface area (Å²) in [6, 6.07) is 10.6. The summed E-state index contributed by atoms with van der Waals surface area (Å²) in [4.78, 5) is 6.86. The molecule has 1 rings (SSSR count). The Labute approximate surface area is 112 Å². The van der Waals surface area contributed by atoms with Gasteiger partial charge in [0.2, 0.25) is 0 Å². The van der Waals surface area contributed by atoms with Crippen molar-refractivity contribution in [1.82, 2.24) is 4.90 Å². The van der Waals surface area contributed by atoms with Crippen LogP contribution in [0.4, 0.5) is 0 Å². The smallest absolute Gasteiger partial charge is 0.103 e. The molecule has 18 heavy (non-hydrogen) atoms. The van der Waals surface area contributed by atoms with E-state index in [1.807, 2.05) is 0 Å². The summed E-state index contributed by atoms with van der Waals surface area (Å²) in [7, 11) is 4.15. The molecule has 0 saturated carbocycles. The average molecular weight is 246 g/mol. The van der Waals surface area contributed by atoms with E-state index in [1.54, 1.807) is 0 Å². The zero-order valence-corrected chi connectivity index (χ0v) is 12.0. The lowest BCUT2D eigenvalue weighted by atomic mass is 10.1. The van der Waals surface area contributed by atoms with Crippen molar-refractivity contribution in [2.45, 2.75) is 39.0 Å². The van der Waals surface area contributed by atoms with Gasteiger partial charge >= 0.3 is 0 Å². The molecule has 0 radical (unpaired) electrons. The second-order valence-corrected chi connectivity index (χ2v) is 4.92. The molecule has 0 aliphatic heterocycles. The number of nitrogens with zero attached hydrogens (tertiary/aromatic N) is 2. The molecule has 0 unspecified atom stereocenters. The van der Waals surface area contributed by atoms with Crippen LogP contribution in [0.25, 0.3) is 0 Å². The van der Waals surface area contributed by atoms with Crippen LogP contribution in [0.3, 0.4) is 0 Å². The van der Waals surface area contributed by atoms with Crippen LogP contribution in [0.5, 0.6) is 0 Å². The number of amidine groups is 1. The average Bonchev–Trinajstić information content (AvgIpc) is 2.38. The topological polar surface area (TPSA) is 15.6 Å². The summed E-state index contributed by atoms with van der Waals surface area (Å²) in [6.07, 6.45) is 6.05. The van der Waals surface area contributed by atoms with E-state index in [1.165, 1.54) is 37.1 Å². The van der Waals surface area contributed by atoms with Crippen molar-refractivity contribution < 1.29 is 0 Å². The van der Waals surface area contributed by atoms with Crippen molar-refractivity contribution in [3.63, 3.8) is 0 Å². The third kappa shape index (κ3) is 5.85. The summed E-state index contributed by atoms with van der Waals surface area (Å²) in [5.41, 5.74) is 1.33. The van der Waals surface area contributed by atoms with Crippen molar-refractivity contribution >= 4 is 5.84 Å². The van der Waals surface area contributed by atoms with Crippen LogP contribution < -0.4 is 0 Å². The lowest BCUT2D eigenvalue weighted by molar-refractivity contribution is 0.599. The molecule has 2 nitrogen and oxygen atoms in total. The van der Waals surface area contributed by atoms with Crippen molar-refractivity contribution in [3.05, 3.63) is 35.9 Å². The number of hydrogen-bond acceptors (Lipinski definition) is 1. The second-order valence-electron chi connectivity index (χ2n) is 4.92. The predicted molar refractivity (Wildman–Crippen MR) is 80.3 cm³/mol. The first kappa shape index (κ1) is 14.7. The van der Waals surface area contributed by atoms with E-state index >= 15 is 0 Å². The lowest BCUT2D eigenvalue weighted by Gasteiger charge is -2.16. The van der Waals surface area contributed by atoms with E-state index in [0.29, 0.717) is 0 Å². The Kier molecular flexibility index (Phi) is 7.16. The first-order valence-corrected chi connectivity index (χ1v) is 6.98. The van der Waals surface area contributed by atoms with E-state index in [0.717, 1.165) is 13.0 Å². The molecule has 0 amide bonds. The molecule has 0 bridgehead atoms. The maximum absolute atomic E-state index is 4.73. The van der Waals surface area contributed by atoms with Crippen molar-refractivity contribution in [2.24, 2.45) is 4.99 Å². The van der Waals surface area contributed by atoms with Crippen molar-refractivity contribution in [2.75, 3.05) is 20.6 Å². The molecule has 0 saturated heterocycles. The van der Waals surface area contributed by atoms with Gasteiger partial charge < -0.3 is 4.90 Å². The van der Waals surface area contributed by atoms with Gasteiger partial charge in [-0.25, -0.2) is 0 Å². The first-order valence-electron chi connectivity index (χ1n) is 6.98. The summed E-state index contributed by atoms with van der Waals surface area (Å²) in [5, 5.41) is 0. The fraction of sp³-hybridized carbons (Fsp3) is 0.562. The third-order valence-electron chi connectivity index (χ3n) is 3.03. The molecule has 0 aromatic heterocycles. The normalized spacial score (nSPS) is 11.6. The van der Waals surface area contributed by atoms with Gasteiger partial charge in [0.05, 0.1) is 0 Å². The van der Waals surface area contributed by atoms with Gasteiger partial charge in [-0.2, -0.15) is 0 Å². The van der Waals surface area contributed by atoms with Crippen LogP contribution in [0.1, 0.15) is 38.2 Å². The first-order chi connectivity index (χ1) is 8.74. The summed E-state index contributed by atoms with van der Waals surface area (Å²) >= 11 is 0. The maximum Gasteiger partial charge on any atom is 0.103 e. The molecular weight excluding hydrogens is 220 g/mol. The third-order valence-corrected chi connectivity index (χ3v) is 3.03.